The van der Waals surface area contributed by atoms with E-state index >= 15 is 0 Å². The Morgan fingerprint density at radius 1 is 1.19 bits per heavy atom. The lowest BCUT2D eigenvalue weighted by Gasteiger charge is -2.10. The molecule has 1 atom stereocenters. The maximum absolute atomic E-state index is 6.15. The number of thiophene rings is 1. The second-order valence-electron chi connectivity index (χ2n) is 3.49. The number of anilines is 1. The number of benzene rings is 1. The van der Waals surface area contributed by atoms with Crippen LogP contribution in [0.15, 0.2) is 36.4 Å². The van der Waals surface area contributed by atoms with Crippen LogP contribution in [0.2, 0.25) is 4.34 Å². The normalized spacial score (nSPS) is 12.4. The van der Waals surface area contributed by atoms with E-state index in [1.807, 2.05) is 43.4 Å². The largest absolute Gasteiger partial charge is 0.388 e. The molecular formula is C12H13ClN2S. The molecule has 0 saturated carbocycles. The van der Waals surface area contributed by atoms with Crippen molar-refractivity contribution >= 4 is 28.6 Å². The van der Waals surface area contributed by atoms with E-state index in [0.717, 1.165) is 20.5 Å². The standard InChI is InChI=1S/C12H13ClN2S/c1-15-9-4-2-8(3-5-9)12(14)10-6-7-11(13)16-10/h2-7,12,15H,14H2,1H3. The number of nitrogens with two attached hydrogens (primary N) is 1. The number of rotatable bonds is 3. The maximum atomic E-state index is 6.15. The number of halogens is 1. The third-order valence-corrected chi connectivity index (χ3v) is 3.77. The molecule has 2 aromatic rings. The van der Waals surface area contributed by atoms with E-state index < -0.39 is 0 Å². The smallest absolute Gasteiger partial charge is 0.0931 e. The minimum absolute atomic E-state index is 0.0941. The molecule has 0 radical (unpaired) electrons. The number of hydrogen-bond acceptors (Lipinski definition) is 3. The molecule has 0 fully saturated rings. The lowest BCUT2D eigenvalue weighted by atomic mass is 10.1. The van der Waals surface area contributed by atoms with E-state index in [4.69, 9.17) is 17.3 Å². The minimum Gasteiger partial charge on any atom is -0.388 e. The first kappa shape index (κ1) is 11.5. The van der Waals surface area contributed by atoms with E-state index in [0.29, 0.717) is 0 Å². The van der Waals surface area contributed by atoms with Gasteiger partial charge in [-0.3, -0.25) is 0 Å². The van der Waals surface area contributed by atoms with Gasteiger partial charge < -0.3 is 11.1 Å². The molecule has 4 heteroatoms. The fraction of sp³-hybridized carbons (Fsp3) is 0.167. The van der Waals surface area contributed by atoms with E-state index in [9.17, 15) is 0 Å². The molecule has 1 heterocycles. The summed E-state index contributed by atoms with van der Waals surface area (Å²) in [6, 6.07) is 11.9. The fourth-order valence-electron chi connectivity index (χ4n) is 1.52. The van der Waals surface area contributed by atoms with Gasteiger partial charge in [0.25, 0.3) is 0 Å². The summed E-state index contributed by atoms with van der Waals surface area (Å²) in [6.45, 7) is 0. The third kappa shape index (κ3) is 2.38. The van der Waals surface area contributed by atoms with Gasteiger partial charge in [0, 0.05) is 17.6 Å². The number of hydrogen-bond donors (Lipinski definition) is 2. The Balaban J connectivity index is 2.23. The highest BCUT2D eigenvalue weighted by atomic mass is 35.5. The Kier molecular flexibility index (Phi) is 3.49. The van der Waals surface area contributed by atoms with Gasteiger partial charge in [0.2, 0.25) is 0 Å². The summed E-state index contributed by atoms with van der Waals surface area (Å²) in [7, 11) is 1.90. The van der Waals surface area contributed by atoms with Gasteiger partial charge in [-0.05, 0) is 29.8 Å². The first-order chi connectivity index (χ1) is 7.70. The van der Waals surface area contributed by atoms with Crippen LogP contribution in [0.25, 0.3) is 0 Å². The van der Waals surface area contributed by atoms with Crippen LogP contribution in [0.4, 0.5) is 5.69 Å². The van der Waals surface area contributed by atoms with E-state index in [-0.39, 0.29) is 6.04 Å². The summed E-state index contributed by atoms with van der Waals surface area (Å²) in [5.41, 5.74) is 8.33. The van der Waals surface area contributed by atoms with E-state index in [2.05, 4.69) is 5.32 Å². The number of nitrogens with one attached hydrogen (secondary N) is 1. The van der Waals surface area contributed by atoms with Crippen LogP contribution in [-0.2, 0) is 0 Å². The van der Waals surface area contributed by atoms with Gasteiger partial charge in [0.15, 0.2) is 0 Å². The van der Waals surface area contributed by atoms with Crippen molar-refractivity contribution in [1.82, 2.24) is 0 Å². The molecule has 2 rings (SSSR count). The maximum Gasteiger partial charge on any atom is 0.0931 e. The predicted octanol–water partition coefficient (Wildman–Crippen LogP) is 3.49. The molecule has 1 aromatic carbocycles. The average molecular weight is 253 g/mol. The lowest BCUT2D eigenvalue weighted by Crippen LogP contribution is -2.09. The van der Waals surface area contributed by atoms with Crippen molar-refractivity contribution < 1.29 is 0 Å². The second-order valence-corrected chi connectivity index (χ2v) is 5.24. The molecule has 1 unspecified atom stereocenters. The zero-order valence-corrected chi connectivity index (χ0v) is 10.5. The van der Waals surface area contributed by atoms with Crippen molar-refractivity contribution in [3.05, 3.63) is 51.2 Å². The van der Waals surface area contributed by atoms with Crippen molar-refractivity contribution in [3.8, 4) is 0 Å². The topological polar surface area (TPSA) is 38.0 Å². The molecule has 0 aliphatic carbocycles. The van der Waals surface area contributed by atoms with Crippen molar-refractivity contribution in [1.29, 1.82) is 0 Å². The molecule has 2 nitrogen and oxygen atoms in total. The molecule has 0 amide bonds. The van der Waals surface area contributed by atoms with Crippen LogP contribution < -0.4 is 11.1 Å². The van der Waals surface area contributed by atoms with Gasteiger partial charge in [-0.2, -0.15) is 0 Å². The first-order valence-electron chi connectivity index (χ1n) is 4.99. The Morgan fingerprint density at radius 3 is 2.38 bits per heavy atom. The monoisotopic (exact) mass is 252 g/mol. The fourth-order valence-corrected chi connectivity index (χ4v) is 2.61. The van der Waals surface area contributed by atoms with Crippen molar-refractivity contribution in [2.45, 2.75) is 6.04 Å². The summed E-state index contributed by atoms with van der Waals surface area (Å²) >= 11 is 7.42. The van der Waals surface area contributed by atoms with Gasteiger partial charge in [0.1, 0.15) is 0 Å². The molecule has 16 heavy (non-hydrogen) atoms. The van der Waals surface area contributed by atoms with Crippen LogP contribution in [-0.4, -0.2) is 7.05 Å². The summed E-state index contributed by atoms with van der Waals surface area (Å²) < 4.78 is 0.775. The highest BCUT2D eigenvalue weighted by Crippen LogP contribution is 2.29. The average Bonchev–Trinajstić information content (AvgIpc) is 2.75. The van der Waals surface area contributed by atoms with Gasteiger partial charge in [-0.15, -0.1) is 11.3 Å². The van der Waals surface area contributed by atoms with Crippen LogP contribution in [0.1, 0.15) is 16.5 Å². The van der Waals surface area contributed by atoms with Crippen molar-refractivity contribution in [2.75, 3.05) is 12.4 Å². The summed E-state index contributed by atoms with van der Waals surface area (Å²) in [4.78, 5) is 1.09. The van der Waals surface area contributed by atoms with Gasteiger partial charge in [-0.1, -0.05) is 23.7 Å². The third-order valence-electron chi connectivity index (χ3n) is 2.46. The molecule has 0 aliphatic heterocycles. The Hall–Kier alpha value is -1.03. The van der Waals surface area contributed by atoms with Crippen LogP contribution in [0.5, 0.6) is 0 Å². The SMILES string of the molecule is CNc1ccc(C(N)c2ccc(Cl)s2)cc1. The Morgan fingerprint density at radius 2 is 1.88 bits per heavy atom. The highest BCUT2D eigenvalue weighted by molar-refractivity contribution is 7.16. The molecule has 0 bridgehead atoms. The summed E-state index contributed by atoms with van der Waals surface area (Å²) in [6.07, 6.45) is 0. The molecule has 0 spiro atoms. The van der Waals surface area contributed by atoms with E-state index in [1.54, 1.807) is 0 Å². The zero-order chi connectivity index (χ0) is 11.5. The summed E-state index contributed by atoms with van der Waals surface area (Å²) in [5, 5.41) is 3.08. The highest BCUT2D eigenvalue weighted by Gasteiger charge is 2.10. The van der Waals surface area contributed by atoms with Crippen LogP contribution in [0.3, 0.4) is 0 Å². The van der Waals surface area contributed by atoms with Gasteiger partial charge in [0.05, 0.1) is 10.4 Å². The quantitative estimate of drug-likeness (QED) is 0.878. The second kappa shape index (κ2) is 4.87. The molecule has 3 N–H and O–H groups in total. The Bertz CT molecular complexity index is 464. The summed E-state index contributed by atoms with van der Waals surface area (Å²) in [5.74, 6) is 0. The van der Waals surface area contributed by atoms with Crippen molar-refractivity contribution in [2.24, 2.45) is 5.73 Å². The molecule has 84 valence electrons. The molecule has 1 aromatic heterocycles. The van der Waals surface area contributed by atoms with Crippen LogP contribution in [0, 0.1) is 0 Å². The Labute approximate surface area is 104 Å². The predicted molar refractivity (Wildman–Crippen MR) is 71.3 cm³/mol. The molecular weight excluding hydrogens is 240 g/mol. The zero-order valence-electron chi connectivity index (χ0n) is 8.91. The molecule has 0 aliphatic rings. The minimum atomic E-state index is -0.0941. The van der Waals surface area contributed by atoms with Crippen molar-refractivity contribution in [3.63, 3.8) is 0 Å². The van der Waals surface area contributed by atoms with E-state index in [1.165, 1.54) is 11.3 Å². The van der Waals surface area contributed by atoms with Crippen LogP contribution >= 0.6 is 22.9 Å². The van der Waals surface area contributed by atoms with Gasteiger partial charge in [-0.25, -0.2) is 0 Å². The molecule has 0 saturated heterocycles. The first-order valence-corrected chi connectivity index (χ1v) is 6.18. The lowest BCUT2D eigenvalue weighted by molar-refractivity contribution is 0.894. The van der Waals surface area contributed by atoms with Gasteiger partial charge >= 0.3 is 0 Å².